The summed E-state index contributed by atoms with van der Waals surface area (Å²) in [4.78, 5) is 20.9. The van der Waals surface area contributed by atoms with Crippen LogP contribution in [0.2, 0.25) is 5.15 Å². The molecule has 1 aromatic heterocycles. The highest BCUT2D eigenvalue weighted by Crippen LogP contribution is 2.40. The van der Waals surface area contributed by atoms with Crippen LogP contribution >= 0.6 is 22.9 Å². The van der Waals surface area contributed by atoms with Gasteiger partial charge in [-0.3, -0.25) is 4.79 Å². The second kappa shape index (κ2) is 4.08. The van der Waals surface area contributed by atoms with Gasteiger partial charge in [0.1, 0.15) is 4.88 Å². The fourth-order valence-electron chi connectivity index (χ4n) is 2.23. The molecule has 0 saturated carbocycles. The summed E-state index contributed by atoms with van der Waals surface area (Å²) in [6, 6.07) is 0. The molecule has 0 bridgehead atoms. The molecule has 2 saturated heterocycles. The number of amides is 1. The molecule has 7 heteroatoms. The summed E-state index contributed by atoms with van der Waals surface area (Å²) >= 11 is 7.40. The predicted molar refractivity (Wildman–Crippen MR) is 70.7 cm³/mol. The molecule has 98 valence electrons. The first kappa shape index (κ1) is 12.2. The van der Waals surface area contributed by atoms with Crippen LogP contribution in [-0.4, -0.2) is 55.2 Å². The smallest absolute Gasteiger partial charge is 0.267 e. The average Bonchev–Trinajstić information content (AvgIpc) is 2.56. The minimum atomic E-state index is -0.0529. The summed E-state index contributed by atoms with van der Waals surface area (Å²) in [7, 11) is 3.77. The molecule has 0 aromatic carbocycles. The van der Waals surface area contributed by atoms with Crippen LogP contribution in [0.4, 0.5) is 5.13 Å². The van der Waals surface area contributed by atoms with Crippen LogP contribution in [0.1, 0.15) is 16.1 Å². The lowest BCUT2D eigenvalue weighted by molar-refractivity contribution is -0.172. The maximum Gasteiger partial charge on any atom is 0.267 e. The number of anilines is 1. The number of carbonyl (C=O) groups excluding carboxylic acids is 1. The number of hydrogen-bond donors (Lipinski definition) is 0. The van der Waals surface area contributed by atoms with E-state index >= 15 is 0 Å². The van der Waals surface area contributed by atoms with Crippen molar-refractivity contribution < 1.29 is 9.53 Å². The second-order valence-corrected chi connectivity index (χ2v) is 6.27. The van der Waals surface area contributed by atoms with E-state index < -0.39 is 0 Å². The first-order valence-corrected chi connectivity index (χ1v) is 6.96. The topological polar surface area (TPSA) is 45.7 Å². The largest absolute Gasteiger partial charge is 0.376 e. The normalized spacial score (nSPS) is 20.5. The van der Waals surface area contributed by atoms with E-state index in [9.17, 15) is 4.79 Å². The number of ether oxygens (including phenoxy) is 1. The standard InChI is InChI=1S/C11H14ClN3O2S/c1-14(2)10-13-8(12)7(18-10)9(16)15-4-3-11(15)5-17-6-11/h3-6H2,1-2H3. The molecule has 5 nitrogen and oxygen atoms in total. The Hall–Kier alpha value is -0.850. The van der Waals surface area contributed by atoms with Gasteiger partial charge in [0.15, 0.2) is 10.3 Å². The quantitative estimate of drug-likeness (QED) is 0.826. The van der Waals surface area contributed by atoms with Gasteiger partial charge in [0.05, 0.1) is 18.8 Å². The summed E-state index contributed by atoms with van der Waals surface area (Å²) in [5.41, 5.74) is -0.0529. The van der Waals surface area contributed by atoms with Gasteiger partial charge in [-0.25, -0.2) is 4.98 Å². The fourth-order valence-corrected chi connectivity index (χ4v) is 3.39. The minimum Gasteiger partial charge on any atom is -0.376 e. The van der Waals surface area contributed by atoms with Crippen LogP contribution in [0.5, 0.6) is 0 Å². The van der Waals surface area contributed by atoms with Crippen LogP contribution in [0, 0.1) is 0 Å². The highest BCUT2D eigenvalue weighted by atomic mass is 35.5. The third-order valence-corrected chi connectivity index (χ3v) is 5.11. The monoisotopic (exact) mass is 287 g/mol. The number of likely N-dealkylation sites (tertiary alicyclic amines) is 1. The van der Waals surface area contributed by atoms with E-state index in [2.05, 4.69) is 4.98 Å². The SMILES string of the molecule is CN(C)c1nc(Cl)c(C(=O)N2CCC23COC3)s1. The van der Waals surface area contributed by atoms with Crippen LogP contribution in [0.3, 0.4) is 0 Å². The van der Waals surface area contributed by atoms with E-state index in [0.717, 1.165) is 18.1 Å². The van der Waals surface area contributed by atoms with E-state index in [4.69, 9.17) is 16.3 Å². The van der Waals surface area contributed by atoms with Crippen molar-refractivity contribution in [3.05, 3.63) is 10.0 Å². The van der Waals surface area contributed by atoms with Crippen molar-refractivity contribution in [1.82, 2.24) is 9.88 Å². The first-order chi connectivity index (χ1) is 8.53. The molecule has 0 radical (unpaired) electrons. The number of nitrogens with zero attached hydrogens (tertiary/aromatic N) is 3. The molecule has 2 aliphatic rings. The van der Waals surface area contributed by atoms with Crippen molar-refractivity contribution in [1.29, 1.82) is 0 Å². The Morgan fingerprint density at radius 3 is 2.67 bits per heavy atom. The number of aromatic nitrogens is 1. The van der Waals surface area contributed by atoms with Crippen LogP contribution in [0.15, 0.2) is 0 Å². The van der Waals surface area contributed by atoms with Crippen molar-refractivity contribution >= 4 is 34.0 Å². The maximum atomic E-state index is 12.4. The van der Waals surface area contributed by atoms with Crippen molar-refractivity contribution in [3.63, 3.8) is 0 Å². The molecular formula is C11H14ClN3O2S. The molecular weight excluding hydrogens is 274 g/mol. The van der Waals surface area contributed by atoms with E-state index in [1.54, 1.807) is 0 Å². The molecule has 18 heavy (non-hydrogen) atoms. The number of halogens is 1. The molecule has 3 heterocycles. The van der Waals surface area contributed by atoms with E-state index in [0.29, 0.717) is 23.2 Å². The molecule has 0 atom stereocenters. The molecule has 0 aliphatic carbocycles. The Kier molecular flexibility index (Phi) is 2.76. The highest BCUT2D eigenvalue weighted by Gasteiger charge is 2.53. The Balaban J connectivity index is 1.84. The van der Waals surface area contributed by atoms with E-state index in [1.807, 2.05) is 23.9 Å². The molecule has 3 rings (SSSR count). The summed E-state index contributed by atoms with van der Waals surface area (Å²) in [6.45, 7) is 2.08. The Labute approximate surface area is 114 Å². The molecule has 1 amide bonds. The molecule has 0 unspecified atom stereocenters. The predicted octanol–water partition coefficient (Wildman–Crippen LogP) is 1.48. The van der Waals surface area contributed by atoms with Gasteiger partial charge in [-0.05, 0) is 6.42 Å². The minimum absolute atomic E-state index is 0.0137. The number of rotatable bonds is 2. The highest BCUT2D eigenvalue weighted by molar-refractivity contribution is 7.18. The number of thiazole rings is 1. The molecule has 0 N–H and O–H groups in total. The number of carbonyl (C=O) groups is 1. The molecule has 2 aliphatic heterocycles. The Morgan fingerprint density at radius 2 is 2.28 bits per heavy atom. The van der Waals surface area contributed by atoms with Gasteiger partial charge in [-0.2, -0.15) is 0 Å². The van der Waals surface area contributed by atoms with Gasteiger partial charge >= 0.3 is 0 Å². The molecule has 1 aromatic rings. The summed E-state index contributed by atoms with van der Waals surface area (Å²) in [6.07, 6.45) is 1.02. The Bertz CT molecular complexity index is 493. The third kappa shape index (κ3) is 1.63. The zero-order valence-electron chi connectivity index (χ0n) is 10.3. The van der Waals surface area contributed by atoms with Gasteiger partial charge in [-0.1, -0.05) is 22.9 Å². The lowest BCUT2D eigenvalue weighted by Crippen LogP contribution is -2.72. The van der Waals surface area contributed by atoms with Crippen LogP contribution in [-0.2, 0) is 4.74 Å². The lowest BCUT2D eigenvalue weighted by Gasteiger charge is -2.57. The number of hydrogen-bond acceptors (Lipinski definition) is 5. The average molecular weight is 288 g/mol. The van der Waals surface area contributed by atoms with Crippen LogP contribution in [0.25, 0.3) is 0 Å². The molecule has 2 fully saturated rings. The van der Waals surface area contributed by atoms with Crippen molar-refractivity contribution in [2.24, 2.45) is 0 Å². The van der Waals surface area contributed by atoms with Crippen molar-refractivity contribution in [3.8, 4) is 0 Å². The van der Waals surface area contributed by atoms with Gasteiger partial charge in [0, 0.05) is 20.6 Å². The van der Waals surface area contributed by atoms with Gasteiger partial charge in [0.2, 0.25) is 0 Å². The van der Waals surface area contributed by atoms with Gasteiger partial charge in [0.25, 0.3) is 5.91 Å². The summed E-state index contributed by atoms with van der Waals surface area (Å²) < 4.78 is 5.22. The van der Waals surface area contributed by atoms with Crippen molar-refractivity contribution in [2.45, 2.75) is 12.0 Å². The van der Waals surface area contributed by atoms with Gasteiger partial charge < -0.3 is 14.5 Å². The van der Waals surface area contributed by atoms with E-state index in [1.165, 1.54) is 11.3 Å². The van der Waals surface area contributed by atoms with Crippen molar-refractivity contribution in [2.75, 3.05) is 38.8 Å². The maximum absolute atomic E-state index is 12.4. The fraction of sp³-hybridized carbons (Fsp3) is 0.636. The summed E-state index contributed by atoms with van der Waals surface area (Å²) in [5.74, 6) is -0.0137. The zero-order valence-corrected chi connectivity index (χ0v) is 11.8. The Morgan fingerprint density at radius 1 is 1.56 bits per heavy atom. The third-order valence-electron chi connectivity index (χ3n) is 3.51. The summed E-state index contributed by atoms with van der Waals surface area (Å²) in [5, 5.41) is 1.05. The second-order valence-electron chi connectivity index (χ2n) is 4.93. The molecule has 1 spiro atoms. The zero-order chi connectivity index (χ0) is 12.9. The first-order valence-electron chi connectivity index (χ1n) is 5.77. The van der Waals surface area contributed by atoms with Crippen LogP contribution < -0.4 is 4.90 Å². The van der Waals surface area contributed by atoms with E-state index in [-0.39, 0.29) is 11.4 Å². The van der Waals surface area contributed by atoms with Gasteiger partial charge in [-0.15, -0.1) is 0 Å². The lowest BCUT2D eigenvalue weighted by atomic mass is 9.82.